The van der Waals surface area contributed by atoms with Gasteiger partial charge in [-0.05, 0) is 26.4 Å². The molecule has 0 aromatic rings. The van der Waals surface area contributed by atoms with Gasteiger partial charge in [-0.2, -0.15) is 0 Å². The van der Waals surface area contributed by atoms with Crippen molar-refractivity contribution in [2.24, 2.45) is 0 Å². The van der Waals surface area contributed by atoms with Crippen molar-refractivity contribution < 1.29 is 0 Å². The van der Waals surface area contributed by atoms with Crippen LogP contribution in [-0.4, -0.2) is 29.9 Å². The average Bonchev–Trinajstić information content (AvgIpc) is 1.64. The summed E-state index contributed by atoms with van der Waals surface area (Å²) >= 11 is 3.59. The quantitative estimate of drug-likeness (QED) is 0.508. The molecule has 1 heterocycles. The van der Waals surface area contributed by atoms with Crippen molar-refractivity contribution in [3.8, 4) is 0 Å². The summed E-state index contributed by atoms with van der Waals surface area (Å²) in [6, 6.07) is 0. The lowest BCUT2D eigenvalue weighted by molar-refractivity contribution is 0.285. The molecule has 0 aromatic carbocycles. The maximum atomic E-state index is 3.59. The van der Waals surface area contributed by atoms with Gasteiger partial charge in [0.25, 0.3) is 0 Å². The fraction of sp³-hybridized carbons (Fsp3) is 1.00. The van der Waals surface area contributed by atoms with Gasteiger partial charge in [0.1, 0.15) is 0 Å². The minimum Gasteiger partial charge on any atom is -0.305 e. The molecule has 48 valence electrons. The van der Waals surface area contributed by atoms with Gasteiger partial charge in [0, 0.05) is 11.4 Å². The van der Waals surface area contributed by atoms with Crippen LogP contribution in [0.15, 0.2) is 0 Å². The molecule has 0 aromatic heterocycles. The Balaban J connectivity index is 2.23. The molecule has 1 aliphatic rings. The highest BCUT2D eigenvalue weighted by molar-refractivity contribution is 9.09. The molecular formula is C6H12BrN. The van der Waals surface area contributed by atoms with E-state index in [1.54, 1.807) is 0 Å². The van der Waals surface area contributed by atoms with Crippen molar-refractivity contribution in [1.29, 1.82) is 0 Å². The van der Waals surface area contributed by atoms with Crippen molar-refractivity contribution in [3.05, 3.63) is 0 Å². The van der Waals surface area contributed by atoms with Crippen LogP contribution in [0.3, 0.4) is 0 Å². The molecule has 1 saturated heterocycles. The molecule has 0 aliphatic carbocycles. The van der Waals surface area contributed by atoms with Gasteiger partial charge in [-0.1, -0.05) is 15.9 Å². The topological polar surface area (TPSA) is 3.24 Å². The Bertz CT molecular complexity index is 66.9. The normalized spacial score (nSPS) is 33.0. The lowest BCUT2D eigenvalue weighted by Gasteiger charge is -2.25. The van der Waals surface area contributed by atoms with Crippen molar-refractivity contribution in [2.45, 2.75) is 17.7 Å². The Morgan fingerprint density at radius 1 is 1.62 bits per heavy atom. The highest BCUT2D eigenvalue weighted by Crippen LogP contribution is 2.14. The van der Waals surface area contributed by atoms with Crippen molar-refractivity contribution >= 4 is 15.9 Å². The number of halogens is 1. The summed E-state index contributed by atoms with van der Waals surface area (Å²) in [6.45, 7) is 2.50. The third-order valence-corrected chi connectivity index (χ3v) is 2.31. The van der Waals surface area contributed by atoms with Gasteiger partial charge in [0.15, 0.2) is 0 Å². The van der Waals surface area contributed by atoms with E-state index in [-0.39, 0.29) is 0 Å². The van der Waals surface area contributed by atoms with Crippen LogP contribution in [0.5, 0.6) is 0 Å². The fourth-order valence-corrected chi connectivity index (χ4v) is 1.92. The van der Waals surface area contributed by atoms with E-state index >= 15 is 0 Å². The summed E-state index contributed by atoms with van der Waals surface area (Å²) < 4.78 is 0. The zero-order chi connectivity index (χ0) is 5.98. The zero-order valence-corrected chi connectivity index (χ0v) is 6.82. The highest BCUT2D eigenvalue weighted by atomic mass is 79.9. The minimum absolute atomic E-state index is 0.751. The summed E-state index contributed by atoms with van der Waals surface area (Å²) in [5.41, 5.74) is 0. The first-order chi connectivity index (χ1) is 3.79. The standard InChI is InChI=1S/C6H12BrN/c1-8-4-2-3-6(7)5-8/h6H,2-5H2,1H3/t6-/m1/s1. The molecule has 0 unspecified atom stereocenters. The summed E-state index contributed by atoms with van der Waals surface area (Å²) in [6.07, 6.45) is 2.71. The van der Waals surface area contributed by atoms with E-state index in [0.717, 1.165) is 4.83 Å². The molecule has 0 spiro atoms. The van der Waals surface area contributed by atoms with Crippen LogP contribution in [0.25, 0.3) is 0 Å². The summed E-state index contributed by atoms with van der Waals surface area (Å²) in [5, 5.41) is 0. The molecule has 0 amide bonds. The second kappa shape index (κ2) is 2.83. The number of alkyl halides is 1. The van der Waals surface area contributed by atoms with E-state index in [2.05, 4.69) is 27.9 Å². The van der Waals surface area contributed by atoms with Gasteiger partial charge in [0.05, 0.1) is 0 Å². The monoisotopic (exact) mass is 177 g/mol. The molecule has 1 aliphatic heterocycles. The molecule has 1 fully saturated rings. The second-order valence-electron chi connectivity index (χ2n) is 2.50. The molecule has 0 radical (unpaired) electrons. The van der Waals surface area contributed by atoms with Crippen LogP contribution in [0, 0.1) is 0 Å². The molecule has 1 atom stereocenters. The van der Waals surface area contributed by atoms with Crippen molar-refractivity contribution in [1.82, 2.24) is 4.90 Å². The summed E-state index contributed by atoms with van der Waals surface area (Å²) in [4.78, 5) is 3.12. The lowest BCUT2D eigenvalue weighted by Crippen LogP contribution is -2.32. The molecular weight excluding hydrogens is 166 g/mol. The smallest absolute Gasteiger partial charge is 0.0273 e. The third-order valence-electron chi connectivity index (χ3n) is 1.57. The predicted molar refractivity (Wildman–Crippen MR) is 39.4 cm³/mol. The maximum absolute atomic E-state index is 3.59. The number of likely N-dealkylation sites (tertiary alicyclic amines) is 1. The number of hydrogen-bond acceptors (Lipinski definition) is 1. The van der Waals surface area contributed by atoms with Crippen LogP contribution in [0.4, 0.5) is 0 Å². The molecule has 2 heteroatoms. The van der Waals surface area contributed by atoms with Crippen LogP contribution >= 0.6 is 15.9 Å². The average molecular weight is 178 g/mol. The van der Waals surface area contributed by atoms with Crippen LogP contribution < -0.4 is 0 Å². The van der Waals surface area contributed by atoms with E-state index < -0.39 is 0 Å². The molecule has 0 bridgehead atoms. The first kappa shape index (κ1) is 6.56. The Morgan fingerprint density at radius 2 is 2.38 bits per heavy atom. The zero-order valence-electron chi connectivity index (χ0n) is 5.23. The second-order valence-corrected chi connectivity index (χ2v) is 3.80. The highest BCUT2D eigenvalue weighted by Gasteiger charge is 2.12. The molecule has 8 heavy (non-hydrogen) atoms. The Kier molecular flexibility index (Phi) is 2.32. The van der Waals surface area contributed by atoms with E-state index in [1.165, 1.54) is 25.9 Å². The summed E-state index contributed by atoms with van der Waals surface area (Å²) in [7, 11) is 2.17. The van der Waals surface area contributed by atoms with Gasteiger partial charge in [-0.15, -0.1) is 0 Å². The van der Waals surface area contributed by atoms with Crippen molar-refractivity contribution in [3.63, 3.8) is 0 Å². The van der Waals surface area contributed by atoms with Gasteiger partial charge in [-0.3, -0.25) is 0 Å². The predicted octanol–water partition coefficient (Wildman–Crippen LogP) is 1.48. The van der Waals surface area contributed by atoms with Gasteiger partial charge >= 0.3 is 0 Å². The molecule has 0 N–H and O–H groups in total. The van der Waals surface area contributed by atoms with E-state index in [0.29, 0.717) is 0 Å². The van der Waals surface area contributed by atoms with E-state index in [4.69, 9.17) is 0 Å². The number of nitrogens with zero attached hydrogens (tertiary/aromatic N) is 1. The van der Waals surface area contributed by atoms with Gasteiger partial charge < -0.3 is 4.90 Å². The number of hydrogen-bond donors (Lipinski definition) is 0. The Labute approximate surface area is 59.2 Å². The largest absolute Gasteiger partial charge is 0.305 e. The van der Waals surface area contributed by atoms with Crippen LogP contribution in [-0.2, 0) is 0 Å². The molecule has 1 nitrogen and oxygen atoms in total. The minimum atomic E-state index is 0.751. The first-order valence-corrected chi connectivity index (χ1v) is 4.03. The summed E-state index contributed by atoms with van der Waals surface area (Å²) in [5.74, 6) is 0. The lowest BCUT2D eigenvalue weighted by atomic mass is 10.1. The van der Waals surface area contributed by atoms with Crippen LogP contribution in [0.2, 0.25) is 0 Å². The SMILES string of the molecule is CN1CCC[C@@H](Br)C1. The van der Waals surface area contributed by atoms with Gasteiger partial charge in [-0.25, -0.2) is 0 Å². The van der Waals surface area contributed by atoms with E-state index in [9.17, 15) is 0 Å². The Hall–Kier alpha value is 0.440. The molecule has 0 saturated carbocycles. The number of rotatable bonds is 0. The van der Waals surface area contributed by atoms with Gasteiger partial charge in [0.2, 0.25) is 0 Å². The van der Waals surface area contributed by atoms with Crippen LogP contribution in [0.1, 0.15) is 12.8 Å². The maximum Gasteiger partial charge on any atom is 0.0273 e. The third kappa shape index (κ3) is 1.75. The fourth-order valence-electron chi connectivity index (χ4n) is 1.10. The van der Waals surface area contributed by atoms with E-state index in [1.807, 2.05) is 0 Å². The Morgan fingerprint density at radius 3 is 2.75 bits per heavy atom. The first-order valence-electron chi connectivity index (χ1n) is 3.11. The molecule has 1 rings (SSSR count). The number of piperidine rings is 1. The van der Waals surface area contributed by atoms with Crippen molar-refractivity contribution in [2.75, 3.05) is 20.1 Å².